The van der Waals surface area contributed by atoms with Crippen molar-refractivity contribution in [1.29, 1.82) is 5.26 Å². The number of thiazole rings is 1. The lowest BCUT2D eigenvalue weighted by Gasteiger charge is -2.07. The van der Waals surface area contributed by atoms with Crippen molar-refractivity contribution in [3.05, 3.63) is 65.1 Å². The lowest BCUT2D eigenvalue weighted by Crippen LogP contribution is -1.97. The van der Waals surface area contributed by atoms with Crippen LogP contribution in [0.25, 0.3) is 16.8 Å². The number of anilines is 1. The molecule has 0 aliphatic heterocycles. The van der Waals surface area contributed by atoms with E-state index in [4.69, 9.17) is 9.47 Å². The van der Waals surface area contributed by atoms with Gasteiger partial charge in [-0.15, -0.1) is 11.3 Å². The largest absolute Gasteiger partial charge is 0.494 e. The number of nitrogens with zero attached hydrogens (tertiary/aromatic N) is 2. The van der Waals surface area contributed by atoms with Crippen molar-refractivity contribution >= 4 is 22.6 Å². The third-order valence-electron chi connectivity index (χ3n) is 4.30. The fraction of sp³-hybridized carbons (Fsp3) is 0.250. The molecular weight excluding hydrogens is 394 g/mol. The SMILES string of the molecule is CCCCOc1cccc(N/C=C(\C#N)c2nc(-c3ccc(OCC)cc3)cs2)c1. The van der Waals surface area contributed by atoms with Crippen molar-refractivity contribution in [2.45, 2.75) is 26.7 Å². The van der Waals surface area contributed by atoms with E-state index in [2.05, 4.69) is 23.3 Å². The van der Waals surface area contributed by atoms with E-state index in [1.165, 1.54) is 11.3 Å². The molecule has 2 aromatic carbocycles. The topological polar surface area (TPSA) is 67.2 Å². The first kappa shape index (κ1) is 21.4. The van der Waals surface area contributed by atoms with Gasteiger partial charge in [0.05, 0.1) is 18.9 Å². The van der Waals surface area contributed by atoms with E-state index in [0.29, 0.717) is 23.8 Å². The highest BCUT2D eigenvalue weighted by molar-refractivity contribution is 7.11. The lowest BCUT2D eigenvalue weighted by atomic mass is 10.2. The number of allylic oxidation sites excluding steroid dienone is 1. The Balaban J connectivity index is 1.70. The maximum absolute atomic E-state index is 9.60. The minimum atomic E-state index is 0.481. The molecule has 0 saturated carbocycles. The Bertz CT molecular complexity index is 1020. The molecule has 0 amide bonds. The Kier molecular flexibility index (Phi) is 7.87. The van der Waals surface area contributed by atoms with Crippen LogP contribution in [0.1, 0.15) is 31.7 Å². The van der Waals surface area contributed by atoms with E-state index in [1.807, 2.05) is 60.8 Å². The fourth-order valence-electron chi connectivity index (χ4n) is 2.73. The second-order valence-electron chi connectivity index (χ2n) is 6.54. The van der Waals surface area contributed by atoms with Gasteiger partial charge in [0.2, 0.25) is 0 Å². The summed E-state index contributed by atoms with van der Waals surface area (Å²) < 4.78 is 11.2. The highest BCUT2D eigenvalue weighted by Crippen LogP contribution is 2.27. The zero-order valence-corrected chi connectivity index (χ0v) is 18.0. The number of ether oxygens (including phenoxy) is 2. The number of aromatic nitrogens is 1. The van der Waals surface area contributed by atoms with Gasteiger partial charge in [-0.1, -0.05) is 19.4 Å². The minimum absolute atomic E-state index is 0.481. The summed E-state index contributed by atoms with van der Waals surface area (Å²) in [5.74, 6) is 1.65. The molecule has 5 nitrogen and oxygen atoms in total. The summed E-state index contributed by atoms with van der Waals surface area (Å²) >= 11 is 1.45. The molecule has 3 aromatic rings. The summed E-state index contributed by atoms with van der Waals surface area (Å²) in [6.45, 7) is 5.43. The first-order valence-electron chi connectivity index (χ1n) is 10.0. The number of hydrogen-bond acceptors (Lipinski definition) is 6. The molecule has 0 unspecified atom stereocenters. The van der Waals surface area contributed by atoms with Crippen LogP contribution in [0.2, 0.25) is 0 Å². The Labute approximate surface area is 181 Å². The number of hydrogen-bond donors (Lipinski definition) is 1. The summed E-state index contributed by atoms with van der Waals surface area (Å²) in [7, 11) is 0. The quantitative estimate of drug-likeness (QED) is 0.306. The second-order valence-corrected chi connectivity index (χ2v) is 7.40. The normalized spacial score (nSPS) is 11.0. The van der Waals surface area contributed by atoms with Crippen LogP contribution in [0.4, 0.5) is 5.69 Å². The number of benzene rings is 2. The Morgan fingerprint density at radius 3 is 2.70 bits per heavy atom. The molecular formula is C24H25N3O2S. The molecule has 30 heavy (non-hydrogen) atoms. The van der Waals surface area contributed by atoms with Crippen LogP contribution >= 0.6 is 11.3 Å². The zero-order valence-electron chi connectivity index (χ0n) is 17.2. The third kappa shape index (κ3) is 5.85. The van der Waals surface area contributed by atoms with Gasteiger partial charge in [0, 0.05) is 28.9 Å². The van der Waals surface area contributed by atoms with Crippen molar-refractivity contribution in [3.8, 4) is 28.8 Å². The second kappa shape index (κ2) is 11.0. The molecule has 1 heterocycles. The monoisotopic (exact) mass is 419 g/mol. The van der Waals surface area contributed by atoms with E-state index < -0.39 is 0 Å². The molecule has 0 fully saturated rings. The Morgan fingerprint density at radius 2 is 1.97 bits per heavy atom. The molecule has 0 aliphatic carbocycles. The van der Waals surface area contributed by atoms with Crippen molar-refractivity contribution < 1.29 is 9.47 Å². The van der Waals surface area contributed by atoms with Gasteiger partial charge in [0.25, 0.3) is 0 Å². The molecule has 0 radical (unpaired) electrons. The van der Waals surface area contributed by atoms with Crippen molar-refractivity contribution in [1.82, 2.24) is 4.98 Å². The number of nitrogens with one attached hydrogen (secondary N) is 1. The summed E-state index contributed by atoms with van der Waals surface area (Å²) in [4.78, 5) is 4.63. The van der Waals surface area contributed by atoms with Crippen LogP contribution in [0.3, 0.4) is 0 Å². The van der Waals surface area contributed by atoms with Crippen LogP contribution in [0, 0.1) is 11.3 Å². The van der Waals surface area contributed by atoms with E-state index >= 15 is 0 Å². The van der Waals surface area contributed by atoms with Crippen molar-refractivity contribution in [2.75, 3.05) is 18.5 Å². The smallest absolute Gasteiger partial charge is 0.136 e. The molecule has 3 rings (SSSR count). The van der Waals surface area contributed by atoms with Gasteiger partial charge < -0.3 is 14.8 Å². The average Bonchev–Trinajstić information content (AvgIpc) is 3.26. The van der Waals surface area contributed by atoms with Gasteiger partial charge in [-0.2, -0.15) is 5.26 Å². The van der Waals surface area contributed by atoms with Gasteiger partial charge >= 0.3 is 0 Å². The van der Waals surface area contributed by atoms with E-state index in [0.717, 1.165) is 41.3 Å². The number of unbranched alkanes of at least 4 members (excludes halogenated alkanes) is 1. The van der Waals surface area contributed by atoms with Crippen LogP contribution in [0.15, 0.2) is 60.1 Å². The van der Waals surface area contributed by atoms with Gasteiger partial charge in [-0.05, 0) is 49.7 Å². The summed E-state index contributed by atoms with van der Waals surface area (Å²) in [6, 6.07) is 17.8. The van der Waals surface area contributed by atoms with Crippen LogP contribution in [-0.2, 0) is 0 Å². The molecule has 6 heteroatoms. The molecule has 0 aliphatic rings. The van der Waals surface area contributed by atoms with Crippen LogP contribution in [-0.4, -0.2) is 18.2 Å². The maximum atomic E-state index is 9.60. The highest BCUT2D eigenvalue weighted by Gasteiger charge is 2.09. The molecule has 0 saturated heterocycles. The highest BCUT2D eigenvalue weighted by atomic mass is 32.1. The van der Waals surface area contributed by atoms with Gasteiger partial charge in [0.1, 0.15) is 28.1 Å². The van der Waals surface area contributed by atoms with E-state index in [-0.39, 0.29) is 0 Å². The molecule has 1 N–H and O–H groups in total. The predicted molar refractivity (Wildman–Crippen MR) is 123 cm³/mol. The molecule has 1 aromatic heterocycles. The standard InChI is InChI=1S/C24H25N3O2S/c1-3-5-13-29-22-8-6-7-20(14-22)26-16-19(15-25)24-27-23(17-30-24)18-9-11-21(12-10-18)28-4-2/h6-12,14,16-17,26H,3-5,13H2,1-2H3/b19-16+. The lowest BCUT2D eigenvalue weighted by molar-refractivity contribution is 0.309. The fourth-order valence-corrected chi connectivity index (χ4v) is 3.52. The number of nitriles is 1. The summed E-state index contributed by atoms with van der Waals surface area (Å²) in [5, 5.41) is 15.4. The third-order valence-corrected chi connectivity index (χ3v) is 5.18. The van der Waals surface area contributed by atoms with Gasteiger partial charge in [0.15, 0.2) is 0 Å². The van der Waals surface area contributed by atoms with E-state index in [9.17, 15) is 5.26 Å². The Hall–Kier alpha value is -3.30. The molecule has 0 spiro atoms. The van der Waals surface area contributed by atoms with Crippen LogP contribution < -0.4 is 14.8 Å². The summed E-state index contributed by atoms with van der Waals surface area (Å²) in [6.07, 6.45) is 3.81. The first-order chi connectivity index (χ1) is 14.7. The predicted octanol–water partition coefficient (Wildman–Crippen LogP) is 6.36. The molecule has 0 atom stereocenters. The van der Waals surface area contributed by atoms with Crippen molar-refractivity contribution in [2.24, 2.45) is 0 Å². The van der Waals surface area contributed by atoms with Gasteiger partial charge in [-0.3, -0.25) is 0 Å². The first-order valence-corrected chi connectivity index (χ1v) is 10.9. The minimum Gasteiger partial charge on any atom is -0.494 e. The van der Waals surface area contributed by atoms with Crippen molar-refractivity contribution in [3.63, 3.8) is 0 Å². The zero-order chi connectivity index (χ0) is 21.2. The van der Waals surface area contributed by atoms with Crippen LogP contribution in [0.5, 0.6) is 11.5 Å². The average molecular weight is 420 g/mol. The van der Waals surface area contributed by atoms with Gasteiger partial charge in [-0.25, -0.2) is 4.98 Å². The molecule has 154 valence electrons. The maximum Gasteiger partial charge on any atom is 0.136 e. The summed E-state index contributed by atoms with van der Waals surface area (Å²) in [5.41, 5.74) is 3.17. The Morgan fingerprint density at radius 1 is 1.13 bits per heavy atom. The van der Waals surface area contributed by atoms with E-state index in [1.54, 1.807) is 6.20 Å². The molecule has 0 bridgehead atoms. The number of rotatable bonds is 10.